The highest BCUT2D eigenvalue weighted by Crippen LogP contribution is 2.23. The molecule has 1 aromatic rings. The number of alkyl halides is 2. The van der Waals surface area contributed by atoms with Crippen LogP contribution in [0.2, 0.25) is 0 Å². The quantitative estimate of drug-likeness (QED) is 0.676. The first kappa shape index (κ1) is 23.7. The number of nitrogens with two attached hydrogens (primary N) is 1. The van der Waals surface area contributed by atoms with Crippen LogP contribution in [0, 0.1) is 0 Å². The molecule has 1 heterocycles. The van der Waals surface area contributed by atoms with Gasteiger partial charge in [0.05, 0.1) is 31.2 Å². The number of ether oxygens (including phenoxy) is 1. The topological polar surface area (TPSA) is 102 Å². The Bertz CT molecular complexity index is 756. The van der Waals surface area contributed by atoms with Crippen LogP contribution < -0.4 is 11.1 Å². The van der Waals surface area contributed by atoms with Crippen molar-refractivity contribution in [1.29, 1.82) is 0 Å². The van der Waals surface area contributed by atoms with Crippen LogP contribution in [-0.2, 0) is 21.2 Å². The Kier molecular flexibility index (Phi) is 8.55. The number of hydrogen-bond acceptors (Lipinski definition) is 5. The van der Waals surface area contributed by atoms with Gasteiger partial charge in [0.25, 0.3) is 11.8 Å². The Balaban J connectivity index is 0.00000364. The minimum atomic E-state index is -3.80. The molecule has 1 saturated heterocycles. The first-order chi connectivity index (χ1) is 12.2. The number of sulfonamides is 1. The number of carbonyl (C=O) groups excluding carboxylic acids is 1. The number of morpholine rings is 1. The summed E-state index contributed by atoms with van der Waals surface area (Å²) in [5.41, 5.74) is 5.49. The molecular weight excluding hydrogens is 404 g/mol. The Morgan fingerprint density at radius 2 is 1.96 bits per heavy atom. The van der Waals surface area contributed by atoms with E-state index in [1.807, 2.05) is 0 Å². The van der Waals surface area contributed by atoms with E-state index in [0.717, 1.165) is 0 Å². The van der Waals surface area contributed by atoms with E-state index in [0.29, 0.717) is 25.2 Å². The molecule has 1 aliphatic rings. The van der Waals surface area contributed by atoms with E-state index in [1.54, 1.807) is 6.92 Å². The van der Waals surface area contributed by atoms with Crippen molar-refractivity contribution in [3.05, 3.63) is 29.3 Å². The van der Waals surface area contributed by atoms with E-state index >= 15 is 0 Å². The number of benzene rings is 1. The first-order valence-corrected chi connectivity index (χ1v) is 9.72. The average molecular weight is 428 g/mol. The van der Waals surface area contributed by atoms with Gasteiger partial charge in [-0.05, 0) is 24.1 Å². The summed E-state index contributed by atoms with van der Waals surface area (Å²) in [7, 11) is -3.80. The lowest BCUT2D eigenvalue weighted by atomic mass is 10.1. The summed E-state index contributed by atoms with van der Waals surface area (Å²) in [6.45, 7) is 1.05. The molecule has 0 aromatic heterocycles. The summed E-state index contributed by atoms with van der Waals surface area (Å²) in [5.74, 6) is -4.00. The molecule has 1 aromatic carbocycles. The zero-order chi connectivity index (χ0) is 19.4. The Morgan fingerprint density at radius 1 is 1.33 bits per heavy atom. The van der Waals surface area contributed by atoms with E-state index in [9.17, 15) is 22.0 Å². The maximum atomic E-state index is 13.2. The van der Waals surface area contributed by atoms with Crippen LogP contribution in [0.1, 0.15) is 22.8 Å². The monoisotopic (exact) mass is 427 g/mol. The smallest absolute Gasteiger partial charge is 0.277 e. The average Bonchev–Trinajstić information content (AvgIpc) is 2.66. The molecule has 2 rings (SSSR count). The summed E-state index contributed by atoms with van der Waals surface area (Å²) >= 11 is 0. The van der Waals surface area contributed by atoms with Gasteiger partial charge in [-0.25, -0.2) is 17.2 Å². The number of halogens is 3. The summed E-state index contributed by atoms with van der Waals surface area (Å²) in [4.78, 5) is 12.2. The van der Waals surface area contributed by atoms with Crippen LogP contribution in [0.3, 0.4) is 0 Å². The molecule has 0 saturated carbocycles. The minimum Gasteiger partial charge on any atom is -0.379 e. The number of nitrogens with one attached hydrogen (secondary N) is 1. The Morgan fingerprint density at radius 3 is 2.52 bits per heavy atom. The van der Waals surface area contributed by atoms with Crippen molar-refractivity contribution >= 4 is 28.3 Å². The van der Waals surface area contributed by atoms with Gasteiger partial charge in [-0.3, -0.25) is 4.79 Å². The third-order valence-electron chi connectivity index (χ3n) is 4.10. The van der Waals surface area contributed by atoms with Crippen molar-refractivity contribution in [3.8, 4) is 0 Å². The van der Waals surface area contributed by atoms with Crippen LogP contribution in [0.4, 0.5) is 8.78 Å². The molecule has 1 aliphatic heterocycles. The van der Waals surface area contributed by atoms with Crippen molar-refractivity contribution in [3.63, 3.8) is 0 Å². The SMILES string of the molecule is CCc1ccc(C(=O)NCC(F)(F)CN)cc1S(=O)(=O)N1CCOCC1.Cl. The molecule has 154 valence electrons. The highest BCUT2D eigenvalue weighted by molar-refractivity contribution is 7.89. The predicted octanol–water partition coefficient (Wildman–Crippen LogP) is 1.02. The summed E-state index contributed by atoms with van der Waals surface area (Å²) in [5, 5.41) is 2.09. The highest BCUT2D eigenvalue weighted by atomic mass is 35.5. The fraction of sp³-hybridized carbons (Fsp3) is 0.562. The third-order valence-corrected chi connectivity index (χ3v) is 6.09. The van der Waals surface area contributed by atoms with Crippen molar-refractivity contribution in [2.45, 2.75) is 24.2 Å². The van der Waals surface area contributed by atoms with Crippen LogP contribution >= 0.6 is 12.4 Å². The van der Waals surface area contributed by atoms with Crippen molar-refractivity contribution < 1.29 is 26.7 Å². The molecule has 3 N–H and O–H groups in total. The number of carbonyl (C=O) groups is 1. The second-order valence-corrected chi connectivity index (χ2v) is 7.84. The molecule has 0 spiro atoms. The second-order valence-electron chi connectivity index (χ2n) is 5.94. The van der Waals surface area contributed by atoms with Gasteiger partial charge < -0.3 is 15.8 Å². The van der Waals surface area contributed by atoms with Gasteiger partial charge in [0, 0.05) is 18.7 Å². The van der Waals surface area contributed by atoms with Crippen LogP contribution in [0.15, 0.2) is 23.1 Å². The standard InChI is InChI=1S/C16H23F2N3O4S.ClH/c1-2-12-3-4-13(15(22)20-11-16(17,18)10-19)9-14(12)26(23,24)21-5-7-25-8-6-21;/h3-4,9H,2,5-8,10-11,19H2,1H3,(H,20,22);1H. The molecule has 0 aliphatic carbocycles. The van der Waals surface area contributed by atoms with Crippen LogP contribution in [0.25, 0.3) is 0 Å². The predicted molar refractivity (Wildman–Crippen MR) is 99.0 cm³/mol. The lowest BCUT2D eigenvalue weighted by Crippen LogP contribution is -2.42. The van der Waals surface area contributed by atoms with Gasteiger partial charge >= 0.3 is 0 Å². The lowest BCUT2D eigenvalue weighted by molar-refractivity contribution is 0.0118. The molecule has 0 atom stereocenters. The van der Waals surface area contributed by atoms with Gasteiger partial charge in [0.1, 0.15) is 0 Å². The molecule has 0 bridgehead atoms. The molecule has 1 amide bonds. The summed E-state index contributed by atoms with van der Waals surface area (Å²) < 4.78 is 58.7. The number of aryl methyl sites for hydroxylation is 1. The van der Waals surface area contributed by atoms with Crippen LogP contribution in [-0.4, -0.2) is 63.9 Å². The van der Waals surface area contributed by atoms with Crippen molar-refractivity contribution in [1.82, 2.24) is 9.62 Å². The summed E-state index contributed by atoms with van der Waals surface area (Å²) in [6.07, 6.45) is 0.450. The van der Waals surface area contributed by atoms with E-state index in [2.05, 4.69) is 5.32 Å². The maximum absolute atomic E-state index is 13.2. The molecule has 27 heavy (non-hydrogen) atoms. The van der Waals surface area contributed by atoms with Gasteiger partial charge in [0.15, 0.2) is 0 Å². The first-order valence-electron chi connectivity index (χ1n) is 8.28. The zero-order valence-electron chi connectivity index (χ0n) is 14.9. The number of rotatable bonds is 7. The fourth-order valence-electron chi connectivity index (χ4n) is 2.54. The normalized spacial score (nSPS) is 15.9. The van der Waals surface area contributed by atoms with E-state index in [-0.39, 0.29) is 36.0 Å². The summed E-state index contributed by atoms with van der Waals surface area (Å²) in [6, 6.07) is 4.19. The number of amides is 1. The fourth-order valence-corrected chi connectivity index (χ4v) is 4.27. The van der Waals surface area contributed by atoms with Crippen molar-refractivity contribution in [2.24, 2.45) is 5.73 Å². The van der Waals surface area contributed by atoms with Gasteiger partial charge in [0.2, 0.25) is 10.0 Å². The minimum absolute atomic E-state index is 0. The van der Waals surface area contributed by atoms with E-state index in [4.69, 9.17) is 10.5 Å². The lowest BCUT2D eigenvalue weighted by Gasteiger charge is -2.27. The zero-order valence-corrected chi connectivity index (χ0v) is 16.5. The Labute approximate surface area is 163 Å². The number of hydrogen-bond donors (Lipinski definition) is 2. The molecule has 7 nitrogen and oxygen atoms in total. The van der Waals surface area contributed by atoms with Gasteiger partial charge in [-0.1, -0.05) is 13.0 Å². The second kappa shape index (κ2) is 9.74. The van der Waals surface area contributed by atoms with Crippen LogP contribution in [0.5, 0.6) is 0 Å². The largest absolute Gasteiger partial charge is 0.379 e. The molecule has 0 unspecified atom stereocenters. The molecule has 1 fully saturated rings. The third kappa shape index (κ3) is 5.82. The number of nitrogens with zero attached hydrogens (tertiary/aromatic N) is 1. The van der Waals surface area contributed by atoms with E-state index < -0.39 is 34.9 Å². The highest BCUT2D eigenvalue weighted by Gasteiger charge is 2.30. The van der Waals surface area contributed by atoms with E-state index in [1.165, 1.54) is 22.5 Å². The molecular formula is C16H24ClF2N3O4S. The Hall–Kier alpha value is -1.33. The molecule has 0 radical (unpaired) electrons. The molecule has 11 heteroatoms. The van der Waals surface area contributed by atoms with Gasteiger partial charge in [-0.15, -0.1) is 12.4 Å². The van der Waals surface area contributed by atoms with Crippen molar-refractivity contribution in [2.75, 3.05) is 39.4 Å². The van der Waals surface area contributed by atoms with Gasteiger partial charge in [-0.2, -0.15) is 4.31 Å². The maximum Gasteiger partial charge on any atom is 0.277 e.